The smallest absolute Gasteiger partial charge is 0.258 e. The third-order valence-electron chi connectivity index (χ3n) is 2.31. The number of alkyl halides is 3. The van der Waals surface area contributed by atoms with Crippen LogP contribution in [0, 0.1) is 10.1 Å². The minimum atomic E-state index is -4.47. The number of rotatable bonds is 1. The zero-order chi connectivity index (χ0) is 13.5. The van der Waals surface area contributed by atoms with Crippen molar-refractivity contribution in [1.29, 1.82) is 0 Å². The first-order valence-electron chi connectivity index (χ1n) is 4.60. The van der Waals surface area contributed by atoms with Crippen LogP contribution >= 0.6 is 15.9 Å². The summed E-state index contributed by atoms with van der Waals surface area (Å²) in [6.45, 7) is 0. The number of fused-ring (bicyclic) bond motifs is 1. The van der Waals surface area contributed by atoms with Gasteiger partial charge in [-0.3, -0.25) is 10.1 Å². The highest BCUT2D eigenvalue weighted by Gasteiger charge is 2.31. The van der Waals surface area contributed by atoms with Crippen LogP contribution in [0.1, 0.15) is 5.56 Å². The van der Waals surface area contributed by atoms with Crippen molar-refractivity contribution in [3.63, 3.8) is 0 Å². The molecule has 0 aliphatic rings. The van der Waals surface area contributed by atoms with Crippen LogP contribution in [0.5, 0.6) is 0 Å². The van der Waals surface area contributed by atoms with E-state index in [-0.39, 0.29) is 21.1 Å². The Morgan fingerprint density at radius 3 is 2.56 bits per heavy atom. The lowest BCUT2D eigenvalue weighted by Crippen LogP contribution is -2.04. The fourth-order valence-corrected chi connectivity index (χ4v) is 2.04. The summed E-state index contributed by atoms with van der Waals surface area (Å²) < 4.78 is 37.5. The first-order valence-corrected chi connectivity index (χ1v) is 5.40. The lowest BCUT2D eigenvalue weighted by atomic mass is 10.1. The van der Waals surface area contributed by atoms with E-state index in [4.69, 9.17) is 0 Å². The number of pyridine rings is 1. The van der Waals surface area contributed by atoms with Crippen LogP contribution in [0.4, 0.5) is 18.9 Å². The van der Waals surface area contributed by atoms with Gasteiger partial charge in [0.25, 0.3) is 0 Å². The molecule has 1 heterocycles. The van der Waals surface area contributed by atoms with E-state index in [1.165, 1.54) is 0 Å². The molecule has 0 aliphatic carbocycles. The van der Waals surface area contributed by atoms with Crippen molar-refractivity contribution in [2.45, 2.75) is 6.18 Å². The molecule has 18 heavy (non-hydrogen) atoms. The molecule has 0 amide bonds. The average molecular weight is 321 g/mol. The molecule has 94 valence electrons. The van der Waals surface area contributed by atoms with E-state index in [1.54, 1.807) is 0 Å². The summed E-state index contributed by atoms with van der Waals surface area (Å²) in [6, 6.07) is 2.87. The first-order chi connectivity index (χ1) is 8.30. The minimum Gasteiger partial charge on any atom is -0.258 e. The quantitative estimate of drug-likeness (QED) is 0.591. The molecule has 0 N–H and O–H groups in total. The van der Waals surface area contributed by atoms with Gasteiger partial charge in [0.2, 0.25) is 0 Å². The van der Waals surface area contributed by atoms with Crippen LogP contribution in [-0.4, -0.2) is 9.91 Å². The maximum atomic E-state index is 12.5. The Morgan fingerprint density at radius 2 is 2.00 bits per heavy atom. The van der Waals surface area contributed by atoms with E-state index >= 15 is 0 Å². The van der Waals surface area contributed by atoms with Gasteiger partial charge in [-0.15, -0.1) is 0 Å². The van der Waals surface area contributed by atoms with Crippen LogP contribution in [0.25, 0.3) is 10.9 Å². The molecule has 0 unspecified atom stereocenters. The molecule has 0 radical (unpaired) electrons. The van der Waals surface area contributed by atoms with Crippen LogP contribution in [0.2, 0.25) is 0 Å². The lowest BCUT2D eigenvalue weighted by Gasteiger charge is -2.08. The largest absolute Gasteiger partial charge is 0.416 e. The molecule has 8 heteroatoms. The molecule has 1 aromatic carbocycles. The van der Waals surface area contributed by atoms with Crippen LogP contribution in [0.15, 0.2) is 28.9 Å². The van der Waals surface area contributed by atoms with Crippen molar-refractivity contribution in [1.82, 2.24) is 4.98 Å². The zero-order valence-corrected chi connectivity index (χ0v) is 10.1. The van der Waals surface area contributed by atoms with Crippen molar-refractivity contribution in [2.24, 2.45) is 0 Å². The molecule has 0 fully saturated rings. The van der Waals surface area contributed by atoms with E-state index < -0.39 is 16.7 Å². The molecule has 0 saturated heterocycles. The van der Waals surface area contributed by atoms with E-state index in [9.17, 15) is 23.3 Å². The molecule has 0 saturated carbocycles. The molecule has 4 nitrogen and oxygen atoms in total. The van der Waals surface area contributed by atoms with Crippen molar-refractivity contribution >= 4 is 32.5 Å². The molecule has 2 aromatic rings. The van der Waals surface area contributed by atoms with Crippen molar-refractivity contribution in [3.05, 3.63) is 44.5 Å². The topological polar surface area (TPSA) is 56.0 Å². The third-order valence-corrected chi connectivity index (χ3v) is 3.14. The summed E-state index contributed by atoms with van der Waals surface area (Å²) in [4.78, 5) is 13.7. The number of benzene rings is 1. The van der Waals surface area contributed by atoms with Gasteiger partial charge in [0, 0.05) is 5.39 Å². The maximum absolute atomic E-state index is 12.5. The van der Waals surface area contributed by atoms with E-state index in [2.05, 4.69) is 20.9 Å². The second-order valence-corrected chi connectivity index (χ2v) is 4.24. The van der Waals surface area contributed by atoms with E-state index in [0.717, 1.165) is 24.4 Å². The standard InChI is InChI=1S/C10H4BrF3N2O2/c11-9-6-2-1-5(10(12,13)14)3-7(6)15-4-8(9)16(17)18/h1-4H. The number of hydrogen-bond acceptors (Lipinski definition) is 3. The zero-order valence-electron chi connectivity index (χ0n) is 8.53. The van der Waals surface area contributed by atoms with Crippen LogP contribution in [0.3, 0.4) is 0 Å². The van der Waals surface area contributed by atoms with Gasteiger partial charge in [0.15, 0.2) is 0 Å². The number of aromatic nitrogens is 1. The highest BCUT2D eigenvalue weighted by atomic mass is 79.9. The van der Waals surface area contributed by atoms with Crippen LogP contribution < -0.4 is 0 Å². The Hall–Kier alpha value is -1.70. The van der Waals surface area contributed by atoms with Gasteiger partial charge in [0.05, 0.1) is 16.0 Å². The highest BCUT2D eigenvalue weighted by Crippen LogP contribution is 2.35. The lowest BCUT2D eigenvalue weighted by molar-refractivity contribution is -0.385. The number of nitro groups is 1. The van der Waals surface area contributed by atoms with Crippen LogP contribution in [-0.2, 0) is 6.18 Å². The minimum absolute atomic E-state index is 0.0438. The Bertz CT molecular complexity index is 643. The van der Waals surface area contributed by atoms with Gasteiger partial charge in [-0.1, -0.05) is 6.07 Å². The SMILES string of the molecule is O=[N+]([O-])c1cnc2cc(C(F)(F)F)ccc2c1Br. The molecular formula is C10H4BrF3N2O2. The third kappa shape index (κ3) is 2.15. The van der Waals surface area contributed by atoms with Gasteiger partial charge < -0.3 is 0 Å². The Kier molecular flexibility index (Phi) is 2.97. The van der Waals surface area contributed by atoms with Gasteiger partial charge >= 0.3 is 11.9 Å². The van der Waals surface area contributed by atoms with Crippen molar-refractivity contribution in [2.75, 3.05) is 0 Å². The molecule has 0 spiro atoms. The summed E-state index contributed by atoms with van der Waals surface area (Å²) in [5.41, 5.74) is -1.09. The summed E-state index contributed by atoms with van der Waals surface area (Å²) >= 11 is 2.99. The van der Waals surface area contributed by atoms with Crippen molar-refractivity contribution in [3.8, 4) is 0 Å². The van der Waals surface area contributed by atoms with Gasteiger partial charge in [-0.25, -0.2) is 4.98 Å². The Balaban J connectivity index is 2.69. The number of nitrogens with zero attached hydrogens (tertiary/aromatic N) is 2. The fourth-order valence-electron chi connectivity index (χ4n) is 1.45. The molecule has 1 aromatic heterocycles. The Labute approximate surface area is 107 Å². The Morgan fingerprint density at radius 1 is 1.33 bits per heavy atom. The summed E-state index contributed by atoms with van der Waals surface area (Å²) in [5.74, 6) is 0. The fraction of sp³-hybridized carbons (Fsp3) is 0.100. The molecule has 0 atom stereocenters. The normalized spacial score (nSPS) is 11.8. The first kappa shape index (κ1) is 12.7. The highest BCUT2D eigenvalue weighted by molar-refractivity contribution is 9.10. The van der Waals surface area contributed by atoms with E-state index in [0.29, 0.717) is 0 Å². The molecule has 0 bridgehead atoms. The van der Waals surface area contributed by atoms with Gasteiger partial charge in [0.1, 0.15) is 10.7 Å². The summed E-state index contributed by atoms with van der Waals surface area (Å²) in [7, 11) is 0. The van der Waals surface area contributed by atoms with Crippen molar-refractivity contribution < 1.29 is 18.1 Å². The second-order valence-electron chi connectivity index (χ2n) is 3.44. The number of hydrogen-bond donors (Lipinski definition) is 0. The van der Waals surface area contributed by atoms with E-state index in [1.807, 2.05) is 0 Å². The molecule has 0 aliphatic heterocycles. The van der Waals surface area contributed by atoms with Gasteiger partial charge in [-0.2, -0.15) is 13.2 Å². The molecular weight excluding hydrogens is 317 g/mol. The second kappa shape index (κ2) is 4.20. The summed E-state index contributed by atoms with van der Waals surface area (Å²) in [5, 5.41) is 10.9. The maximum Gasteiger partial charge on any atom is 0.416 e. The molecule has 2 rings (SSSR count). The summed E-state index contributed by atoms with van der Waals surface area (Å²) in [6.07, 6.45) is -3.54. The monoisotopic (exact) mass is 320 g/mol. The number of halogens is 4. The predicted octanol–water partition coefficient (Wildman–Crippen LogP) is 3.92. The average Bonchev–Trinajstić information content (AvgIpc) is 2.27. The van der Waals surface area contributed by atoms with Gasteiger partial charge in [-0.05, 0) is 28.1 Å². The predicted molar refractivity (Wildman–Crippen MR) is 61.1 cm³/mol.